The Morgan fingerprint density at radius 2 is 2.15 bits per heavy atom. The third-order valence-electron chi connectivity index (χ3n) is 3.20. The summed E-state index contributed by atoms with van der Waals surface area (Å²) in [6.45, 7) is 10.4. The summed E-state index contributed by atoms with van der Waals surface area (Å²) in [7, 11) is 0. The van der Waals surface area contributed by atoms with Crippen LogP contribution in [0.3, 0.4) is 0 Å². The third kappa shape index (κ3) is 3.24. The molecule has 6 heteroatoms. The Balaban J connectivity index is 2.32. The minimum absolute atomic E-state index is 0.142. The maximum atomic E-state index is 4.43. The summed E-state index contributed by atoms with van der Waals surface area (Å²) in [5.41, 5.74) is 2.28. The van der Waals surface area contributed by atoms with Crippen LogP contribution in [0.2, 0.25) is 0 Å². The standard InChI is InChI=1S/C14H23N5S/c1-5-7-19-9-11(8-16-19)13(15-6-2)14-12(10(3)4)17-18-20-14/h8-10,13,15H,5-7H2,1-4H3. The molecule has 0 saturated carbocycles. The van der Waals surface area contributed by atoms with E-state index in [1.165, 1.54) is 22.0 Å². The molecule has 110 valence electrons. The van der Waals surface area contributed by atoms with Gasteiger partial charge in [-0.2, -0.15) is 5.10 Å². The average Bonchev–Trinajstić information content (AvgIpc) is 3.05. The van der Waals surface area contributed by atoms with Gasteiger partial charge in [-0.15, -0.1) is 5.10 Å². The van der Waals surface area contributed by atoms with Crippen molar-refractivity contribution >= 4 is 11.5 Å². The van der Waals surface area contributed by atoms with Crippen LogP contribution in [0.25, 0.3) is 0 Å². The molecule has 20 heavy (non-hydrogen) atoms. The zero-order chi connectivity index (χ0) is 14.5. The van der Waals surface area contributed by atoms with Crippen LogP contribution in [-0.2, 0) is 6.54 Å². The first-order chi connectivity index (χ1) is 9.67. The zero-order valence-corrected chi connectivity index (χ0v) is 13.4. The van der Waals surface area contributed by atoms with Crippen molar-refractivity contribution in [2.24, 2.45) is 0 Å². The Hall–Kier alpha value is -1.27. The van der Waals surface area contributed by atoms with Gasteiger partial charge in [-0.25, -0.2) is 0 Å². The van der Waals surface area contributed by atoms with Gasteiger partial charge in [0.1, 0.15) is 0 Å². The summed E-state index contributed by atoms with van der Waals surface area (Å²) in [4.78, 5) is 1.21. The SMILES string of the molecule is CCCn1cc(C(NCC)c2snnc2C(C)C)cn1. The lowest BCUT2D eigenvalue weighted by atomic mass is 10.0. The fourth-order valence-corrected chi connectivity index (χ4v) is 3.16. The molecule has 0 fully saturated rings. The lowest BCUT2D eigenvalue weighted by Crippen LogP contribution is -2.22. The molecule has 0 saturated heterocycles. The molecule has 2 rings (SSSR count). The average molecular weight is 293 g/mol. The largest absolute Gasteiger partial charge is 0.306 e. The van der Waals surface area contributed by atoms with Crippen LogP contribution >= 0.6 is 11.5 Å². The van der Waals surface area contributed by atoms with Crippen LogP contribution in [0.1, 0.15) is 62.2 Å². The number of aromatic nitrogens is 4. The second-order valence-electron chi connectivity index (χ2n) is 5.20. The molecule has 1 atom stereocenters. The molecular formula is C14H23N5S. The molecule has 0 aliphatic rings. The van der Waals surface area contributed by atoms with Crippen molar-refractivity contribution in [1.82, 2.24) is 24.7 Å². The summed E-state index contributed by atoms with van der Waals surface area (Å²) in [6.07, 6.45) is 5.17. The van der Waals surface area contributed by atoms with Crippen molar-refractivity contribution in [2.75, 3.05) is 6.54 Å². The Morgan fingerprint density at radius 3 is 2.80 bits per heavy atom. The van der Waals surface area contributed by atoms with Crippen LogP contribution in [0, 0.1) is 0 Å². The molecule has 0 radical (unpaired) electrons. The van der Waals surface area contributed by atoms with Gasteiger partial charge in [0.25, 0.3) is 0 Å². The van der Waals surface area contributed by atoms with E-state index < -0.39 is 0 Å². The van der Waals surface area contributed by atoms with Crippen molar-refractivity contribution < 1.29 is 0 Å². The third-order valence-corrected chi connectivity index (χ3v) is 4.00. The highest BCUT2D eigenvalue weighted by atomic mass is 32.1. The van der Waals surface area contributed by atoms with Gasteiger partial charge in [-0.1, -0.05) is 32.2 Å². The normalized spacial score (nSPS) is 13.1. The Labute approximate surface area is 124 Å². The Morgan fingerprint density at radius 1 is 1.35 bits per heavy atom. The fraction of sp³-hybridized carbons (Fsp3) is 0.643. The number of aryl methyl sites for hydroxylation is 1. The fourth-order valence-electron chi connectivity index (χ4n) is 2.25. The second-order valence-corrected chi connectivity index (χ2v) is 5.99. The number of hydrogen-bond donors (Lipinski definition) is 1. The smallest absolute Gasteiger partial charge is 0.0832 e. The molecule has 0 amide bonds. The maximum absolute atomic E-state index is 4.43. The van der Waals surface area contributed by atoms with Gasteiger partial charge in [0.2, 0.25) is 0 Å². The highest BCUT2D eigenvalue weighted by Gasteiger charge is 2.23. The number of nitrogens with zero attached hydrogens (tertiary/aromatic N) is 4. The molecule has 2 aromatic heterocycles. The Kier molecular flexibility index (Phi) is 5.25. The van der Waals surface area contributed by atoms with Crippen LogP contribution < -0.4 is 5.32 Å². The van der Waals surface area contributed by atoms with Gasteiger partial charge < -0.3 is 5.32 Å². The van der Waals surface area contributed by atoms with E-state index in [4.69, 9.17) is 0 Å². The van der Waals surface area contributed by atoms with Crippen molar-refractivity contribution in [3.8, 4) is 0 Å². The Bertz CT molecular complexity index is 531. The molecule has 0 bridgehead atoms. The quantitative estimate of drug-likeness (QED) is 0.852. The molecule has 0 spiro atoms. The summed E-state index contributed by atoms with van der Waals surface area (Å²) in [6, 6.07) is 0.142. The van der Waals surface area contributed by atoms with E-state index in [9.17, 15) is 0 Å². The minimum Gasteiger partial charge on any atom is -0.306 e. The first-order valence-corrected chi connectivity index (χ1v) is 8.02. The maximum Gasteiger partial charge on any atom is 0.0832 e. The van der Waals surface area contributed by atoms with Gasteiger partial charge in [0, 0.05) is 18.3 Å². The van der Waals surface area contributed by atoms with E-state index in [-0.39, 0.29) is 6.04 Å². The molecule has 0 aliphatic heterocycles. The van der Waals surface area contributed by atoms with Crippen LogP contribution in [0.4, 0.5) is 0 Å². The number of nitrogens with one attached hydrogen (secondary N) is 1. The number of rotatable bonds is 7. The highest BCUT2D eigenvalue weighted by molar-refractivity contribution is 7.05. The van der Waals surface area contributed by atoms with Gasteiger partial charge in [-0.3, -0.25) is 4.68 Å². The molecule has 2 aromatic rings. The topological polar surface area (TPSA) is 55.6 Å². The second kappa shape index (κ2) is 6.95. The monoisotopic (exact) mass is 293 g/mol. The summed E-state index contributed by atoms with van der Waals surface area (Å²) in [5.74, 6) is 0.385. The first-order valence-electron chi connectivity index (χ1n) is 7.25. The lowest BCUT2D eigenvalue weighted by molar-refractivity contribution is 0.597. The molecule has 5 nitrogen and oxygen atoms in total. The predicted molar refractivity (Wildman–Crippen MR) is 82.0 cm³/mol. The highest BCUT2D eigenvalue weighted by Crippen LogP contribution is 2.30. The lowest BCUT2D eigenvalue weighted by Gasteiger charge is -2.16. The van der Waals surface area contributed by atoms with Gasteiger partial charge in [0.15, 0.2) is 0 Å². The molecule has 1 unspecified atom stereocenters. The summed E-state index contributed by atoms with van der Waals surface area (Å²) >= 11 is 1.48. The van der Waals surface area contributed by atoms with Crippen LogP contribution in [0.15, 0.2) is 12.4 Å². The van der Waals surface area contributed by atoms with Gasteiger partial charge in [0.05, 0.1) is 22.8 Å². The van der Waals surface area contributed by atoms with Crippen LogP contribution in [-0.4, -0.2) is 25.9 Å². The van der Waals surface area contributed by atoms with E-state index >= 15 is 0 Å². The van der Waals surface area contributed by atoms with Crippen molar-refractivity contribution in [3.05, 3.63) is 28.5 Å². The zero-order valence-electron chi connectivity index (χ0n) is 12.6. The van der Waals surface area contributed by atoms with Gasteiger partial charge >= 0.3 is 0 Å². The minimum atomic E-state index is 0.142. The summed E-state index contributed by atoms with van der Waals surface area (Å²) < 4.78 is 6.14. The molecule has 1 N–H and O–H groups in total. The van der Waals surface area contributed by atoms with Crippen molar-refractivity contribution in [1.29, 1.82) is 0 Å². The molecular weight excluding hydrogens is 270 g/mol. The van der Waals surface area contributed by atoms with Gasteiger partial charge in [-0.05, 0) is 30.4 Å². The first kappa shape index (κ1) is 15.1. The predicted octanol–water partition coefficient (Wildman–Crippen LogP) is 2.97. The molecule has 0 aliphatic carbocycles. The number of hydrogen-bond acceptors (Lipinski definition) is 5. The van der Waals surface area contributed by atoms with E-state index in [2.05, 4.69) is 53.9 Å². The van der Waals surface area contributed by atoms with Crippen LogP contribution in [0.5, 0.6) is 0 Å². The molecule has 2 heterocycles. The van der Waals surface area contributed by atoms with Crippen molar-refractivity contribution in [3.63, 3.8) is 0 Å². The van der Waals surface area contributed by atoms with E-state index in [0.717, 1.165) is 25.2 Å². The summed E-state index contributed by atoms with van der Waals surface area (Å²) in [5, 5.41) is 12.3. The van der Waals surface area contributed by atoms with E-state index in [0.29, 0.717) is 5.92 Å². The van der Waals surface area contributed by atoms with Crippen molar-refractivity contribution in [2.45, 2.75) is 52.6 Å². The van der Waals surface area contributed by atoms with E-state index in [1.54, 1.807) is 0 Å². The van der Waals surface area contributed by atoms with E-state index in [1.807, 2.05) is 10.9 Å². The molecule has 0 aromatic carbocycles.